The molecule has 7 heteroatoms. The predicted molar refractivity (Wildman–Crippen MR) is 84.9 cm³/mol. The molecule has 1 N–H and O–H groups in total. The first-order valence-electron chi connectivity index (χ1n) is 6.13. The number of halogens is 2. The van der Waals surface area contributed by atoms with Crippen molar-refractivity contribution in [3.8, 4) is 5.75 Å². The lowest BCUT2D eigenvalue weighted by Crippen LogP contribution is -2.14. The molecule has 0 saturated heterocycles. The van der Waals surface area contributed by atoms with Gasteiger partial charge in [-0.15, -0.1) is 0 Å². The molecule has 2 rings (SSSR count). The van der Waals surface area contributed by atoms with E-state index in [1.165, 1.54) is 18.2 Å². The molecule has 0 unspecified atom stereocenters. The van der Waals surface area contributed by atoms with Gasteiger partial charge in [-0.2, -0.15) is 0 Å². The molecule has 0 amide bonds. The van der Waals surface area contributed by atoms with Crippen molar-refractivity contribution in [3.05, 3.63) is 52.5 Å². The van der Waals surface area contributed by atoms with Crippen molar-refractivity contribution in [2.24, 2.45) is 0 Å². The van der Waals surface area contributed by atoms with Crippen LogP contribution in [0.15, 0.2) is 47.4 Å². The molecule has 0 atom stereocenters. The van der Waals surface area contributed by atoms with Gasteiger partial charge in [0.15, 0.2) is 0 Å². The number of anilines is 1. The topological polar surface area (TPSA) is 55.4 Å². The van der Waals surface area contributed by atoms with Crippen LogP contribution in [0.2, 0.25) is 10.0 Å². The summed E-state index contributed by atoms with van der Waals surface area (Å²) in [5.74, 6) is 0.446. The highest BCUT2D eigenvalue weighted by atomic mass is 35.5. The Morgan fingerprint density at radius 2 is 1.86 bits per heavy atom. The molecule has 0 radical (unpaired) electrons. The maximum atomic E-state index is 12.4. The van der Waals surface area contributed by atoms with Gasteiger partial charge in [-0.1, -0.05) is 35.3 Å². The normalized spacial score (nSPS) is 11.2. The van der Waals surface area contributed by atoms with E-state index in [0.29, 0.717) is 18.0 Å². The smallest absolute Gasteiger partial charge is 0.263 e. The van der Waals surface area contributed by atoms with Crippen molar-refractivity contribution in [1.29, 1.82) is 0 Å². The largest absolute Gasteiger partial charge is 0.492 e. The zero-order valence-corrected chi connectivity index (χ0v) is 13.5. The van der Waals surface area contributed by atoms with Gasteiger partial charge in [0.2, 0.25) is 0 Å². The van der Waals surface area contributed by atoms with Crippen LogP contribution in [0.1, 0.15) is 6.92 Å². The number of hydrogen-bond acceptors (Lipinski definition) is 3. The lowest BCUT2D eigenvalue weighted by atomic mass is 10.3. The maximum Gasteiger partial charge on any atom is 0.263 e. The first-order chi connectivity index (χ1) is 9.94. The number of ether oxygens (including phenoxy) is 1. The molecule has 0 aliphatic heterocycles. The summed E-state index contributed by atoms with van der Waals surface area (Å²) in [5.41, 5.74) is 0.343. The summed E-state index contributed by atoms with van der Waals surface area (Å²) in [4.78, 5) is -0.0806. The van der Waals surface area contributed by atoms with Gasteiger partial charge in [-0.25, -0.2) is 8.42 Å². The Morgan fingerprint density at radius 1 is 1.14 bits per heavy atom. The average molecular weight is 346 g/mol. The molecule has 2 aromatic carbocycles. The van der Waals surface area contributed by atoms with E-state index in [4.69, 9.17) is 27.9 Å². The predicted octanol–water partition coefficient (Wildman–Crippen LogP) is 4.19. The molecule has 4 nitrogen and oxygen atoms in total. The first-order valence-corrected chi connectivity index (χ1v) is 8.37. The van der Waals surface area contributed by atoms with Gasteiger partial charge in [0, 0.05) is 5.02 Å². The standard InChI is InChI=1S/C14H13Cl2NO3S/c1-2-20-13-6-4-3-5-12(13)17-21(18,19)14-9-10(15)7-8-11(14)16/h3-9,17H,2H2,1H3. The van der Waals surface area contributed by atoms with Gasteiger partial charge >= 0.3 is 0 Å². The number of benzene rings is 2. The van der Waals surface area contributed by atoms with E-state index < -0.39 is 10.0 Å². The third-order valence-electron chi connectivity index (χ3n) is 2.61. The summed E-state index contributed by atoms with van der Waals surface area (Å²) in [6, 6.07) is 11.0. The van der Waals surface area contributed by atoms with Gasteiger partial charge in [0.25, 0.3) is 10.0 Å². The Kier molecular flexibility index (Phi) is 4.98. The maximum absolute atomic E-state index is 12.4. The van der Waals surface area contributed by atoms with Crippen molar-refractivity contribution in [2.45, 2.75) is 11.8 Å². The second kappa shape index (κ2) is 6.56. The molecular formula is C14H13Cl2NO3S. The SMILES string of the molecule is CCOc1ccccc1NS(=O)(=O)c1cc(Cl)ccc1Cl. The minimum Gasteiger partial charge on any atom is -0.492 e. The molecule has 0 saturated carbocycles. The van der Waals surface area contributed by atoms with Gasteiger partial charge in [-0.3, -0.25) is 4.72 Å². The highest BCUT2D eigenvalue weighted by Gasteiger charge is 2.20. The Morgan fingerprint density at radius 3 is 2.57 bits per heavy atom. The van der Waals surface area contributed by atoms with Crippen molar-refractivity contribution in [3.63, 3.8) is 0 Å². The summed E-state index contributed by atoms with van der Waals surface area (Å²) < 4.78 is 32.7. The molecule has 0 fully saturated rings. The minimum absolute atomic E-state index is 0.0806. The molecule has 0 bridgehead atoms. The Labute approximate surface area is 133 Å². The van der Waals surface area contributed by atoms with E-state index in [1.54, 1.807) is 24.3 Å². The van der Waals surface area contributed by atoms with Crippen LogP contribution in [-0.2, 0) is 10.0 Å². The number of nitrogens with one attached hydrogen (secondary N) is 1. The quantitative estimate of drug-likeness (QED) is 0.883. The molecular weight excluding hydrogens is 333 g/mol. The Hall–Kier alpha value is -1.43. The summed E-state index contributed by atoms with van der Waals surface area (Å²) in [6.07, 6.45) is 0. The summed E-state index contributed by atoms with van der Waals surface area (Å²) in [6.45, 7) is 2.25. The number of para-hydroxylation sites is 2. The average Bonchev–Trinajstić information content (AvgIpc) is 2.43. The number of rotatable bonds is 5. The van der Waals surface area contributed by atoms with Crippen LogP contribution in [0.25, 0.3) is 0 Å². The fourth-order valence-electron chi connectivity index (χ4n) is 1.72. The monoisotopic (exact) mass is 345 g/mol. The molecule has 0 aliphatic rings. The Bertz CT molecular complexity index is 748. The zero-order chi connectivity index (χ0) is 15.5. The fourth-order valence-corrected chi connectivity index (χ4v) is 3.55. The summed E-state index contributed by atoms with van der Waals surface area (Å²) in [7, 11) is -3.85. The second-order valence-corrected chi connectivity index (χ2v) is 6.60. The van der Waals surface area contributed by atoms with E-state index in [9.17, 15) is 8.42 Å². The highest BCUT2D eigenvalue weighted by molar-refractivity contribution is 7.92. The molecule has 0 aromatic heterocycles. The zero-order valence-electron chi connectivity index (χ0n) is 11.1. The number of sulfonamides is 1. The van der Waals surface area contributed by atoms with Crippen LogP contribution in [0.5, 0.6) is 5.75 Å². The lowest BCUT2D eigenvalue weighted by Gasteiger charge is -2.13. The van der Waals surface area contributed by atoms with Crippen molar-refractivity contribution >= 4 is 38.9 Å². The van der Waals surface area contributed by atoms with E-state index in [-0.39, 0.29) is 14.9 Å². The fraction of sp³-hybridized carbons (Fsp3) is 0.143. The van der Waals surface area contributed by atoms with E-state index in [2.05, 4.69) is 4.72 Å². The highest BCUT2D eigenvalue weighted by Crippen LogP contribution is 2.30. The van der Waals surface area contributed by atoms with E-state index >= 15 is 0 Å². The third-order valence-corrected chi connectivity index (χ3v) is 4.70. The summed E-state index contributed by atoms with van der Waals surface area (Å²) in [5, 5.41) is 0.388. The van der Waals surface area contributed by atoms with Gasteiger partial charge in [-0.05, 0) is 37.3 Å². The van der Waals surface area contributed by atoms with Gasteiger partial charge in [0.05, 0.1) is 17.3 Å². The van der Waals surface area contributed by atoms with Crippen LogP contribution in [0.3, 0.4) is 0 Å². The summed E-state index contributed by atoms with van der Waals surface area (Å²) >= 11 is 11.8. The molecule has 2 aromatic rings. The molecule has 0 heterocycles. The molecule has 112 valence electrons. The van der Waals surface area contributed by atoms with Gasteiger partial charge in [0.1, 0.15) is 10.6 Å². The Balaban J connectivity index is 2.40. The lowest BCUT2D eigenvalue weighted by molar-refractivity contribution is 0.342. The van der Waals surface area contributed by atoms with Crippen molar-refractivity contribution in [2.75, 3.05) is 11.3 Å². The van der Waals surface area contributed by atoms with Crippen LogP contribution < -0.4 is 9.46 Å². The van der Waals surface area contributed by atoms with Crippen molar-refractivity contribution in [1.82, 2.24) is 0 Å². The second-order valence-electron chi connectivity index (χ2n) is 4.11. The third kappa shape index (κ3) is 3.81. The molecule has 21 heavy (non-hydrogen) atoms. The minimum atomic E-state index is -3.85. The number of hydrogen-bond donors (Lipinski definition) is 1. The molecule has 0 spiro atoms. The van der Waals surface area contributed by atoms with Crippen molar-refractivity contribution < 1.29 is 13.2 Å². The van der Waals surface area contributed by atoms with E-state index in [1.807, 2.05) is 6.92 Å². The van der Waals surface area contributed by atoms with Gasteiger partial charge < -0.3 is 4.74 Å². The van der Waals surface area contributed by atoms with E-state index in [0.717, 1.165) is 0 Å². The van der Waals surface area contributed by atoms with Crippen LogP contribution in [-0.4, -0.2) is 15.0 Å². The van der Waals surface area contributed by atoms with Crippen LogP contribution in [0, 0.1) is 0 Å². The van der Waals surface area contributed by atoms with Crippen LogP contribution >= 0.6 is 23.2 Å². The first kappa shape index (κ1) is 15.9. The molecule has 0 aliphatic carbocycles. The van der Waals surface area contributed by atoms with Crippen LogP contribution in [0.4, 0.5) is 5.69 Å².